The Kier molecular flexibility index (Phi) is 12.5. The molecule has 22 heavy (non-hydrogen) atoms. The van der Waals surface area contributed by atoms with Crippen LogP contribution in [0.4, 0.5) is 0 Å². The van der Waals surface area contributed by atoms with Crippen molar-refractivity contribution in [2.75, 3.05) is 33.4 Å². The normalized spacial score (nSPS) is 11.6. The van der Waals surface area contributed by atoms with Gasteiger partial charge in [0.2, 0.25) is 5.91 Å². The molecule has 0 saturated heterocycles. The molecule has 0 saturated carbocycles. The van der Waals surface area contributed by atoms with Gasteiger partial charge >= 0.3 is 0 Å². The summed E-state index contributed by atoms with van der Waals surface area (Å²) in [4.78, 5) is 12.2. The molecular formula is C16H26BrClN2O2. The number of carbonyl (C=O) groups excluding carboxylic acids is 1. The van der Waals surface area contributed by atoms with E-state index in [-0.39, 0.29) is 24.2 Å². The molecule has 126 valence electrons. The van der Waals surface area contributed by atoms with Crippen molar-refractivity contribution < 1.29 is 9.53 Å². The summed E-state index contributed by atoms with van der Waals surface area (Å²) in [6, 6.07) is 8.07. The van der Waals surface area contributed by atoms with E-state index in [1.54, 1.807) is 7.11 Å². The maximum absolute atomic E-state index is 12.2. The van der Waals surface area contributed by atoms with Crippen molar-refractivity contribution in [2.24, 2.45) is 5.92 Å². The summed E-state index contributed by atoms with van der Waals surface area (Å²) in [5, 5.41) is 6.20. The summed E-state index contributed by atoms with van der Waals surface area (Å²) in [6.45, 7) is 4.96. The lowest BCUT2D eigenvalue weighted by molar-refractivity contribution is -0.125. The predicted molar refractivity (Wildman–Crippen MR) is 96.6 cm³/mol. The standard InChI is InChI=1S/C16H25BrN2O2.ClH/c1-3-13(12-14-6-4-5-7-15(14)17)16(20)19-9-8-18-10-11-21-2;/h4-7,13,18H,3,8-12H2,1-2H3,(H,19,20);1H. The first-order valence-electron chi connectivity index (χ1n) is 7.39. The maximum atomic E-state index is 12.2. The van der Waals surface area contributed by atoms with Crippen LogP contribution in [0.15, 0.2) is 28.7 Å². The Bertz CT molecular complexity index is 432. The highest BCUT2D eigenvalue weighted by atomic mass is 79.9. The Labute approximate surface area is 147 Å². The van der Waals surface area contributed by atoms with Gasteiger partial charge in [-0.3, -0.25) is 4.79 Å². The van der Waals surface area contributed by atoms with Crippen LogP contribution in [-0.2, 0) is 16.0 Å². The lowest BCUT2D eigenvalue weighted by Gasteiger charge is -2.16. The SMILES string of the molecule is CCC(Cc1ccccc1Br)C(=O)NCCNCCOC.Cl. The van der Waals surface area contributed by atoms with E-state index in [0.29, 0.717) is 13.2 Å². The minimum Gasteiger partial charge on any atom is -0.383 e. The van der Waals surface area contributed by atoms with Crippen molar-refractivity contribution in [3.05, 3.63) is 34.3 Å². The van der Waals surface area contributed by atoms with Crippen LogP contribution in [0.25, 0.3) is 0 Å². The summed E-state index contributed by atoms with van der Waals surface area (Å²) < 4.78 is 6.02. The Balaban J connectivity index is 0.00000441. The predicted octanol–water partition coefficient (Wildman–Crippen LogP) is 2.79. The molecule has 2 N–H and O–H groups in total. The lowest BCUT2D eigenvalue weighted by Crippen LogP contribution is -2.37. The average molecular weight is 394 g/mol. The second-order valence-electron chi connectivity index (χ2n) is 4.93. The molecular weight excluding hydrogens is 368 g/mol. The number of carbonyl (C=O) groups is 1. The first-order chi connectivity index (χ1) is 10.2. The number of hydrogen-bond donors (Lipinski definition) is 2. The molecule has 0 radical (unpaired) electrons. The van der Waals surface area contributed by atoms with E-state index in [4.69, 9.17) is 4.74 Å². The van der Waals surface area contributed by atoms with Crippen molar-refractivity contribution in [1.29, 1.82) is 0 Å². The third kappa shape index (κ3) is 8.13. The second kappa shape index (κ2) is 12.9. The molecule has 0 bridgehead atoms. The van der Waals surface area contributed by atoms with Crippen molar-refractivity contribution in [3.63, 3.8) is 0 Å². The molecule has 0 fully saturated rings. The quantitative estimate of drug-likeness (QED) is 0.601. The van der Waals surface area contributed by atoms with Gasteiger partial charge in [0.15, 0.2) is 0 Å². The van der Waals surface area contributed by atoms with E-state index < -0.39 is 0 Å². The zero-order valence-corrected chi connectivity index (χ0v) is 15.6. The fraction of sp³-hybridized carbons (Fsp3) is 0.562. The Hall–Kier alpha value is -0.620. The van der Waals surface area contributed by atoms with E-state index in [0.717, 1.165) is 30.4 Å². The average Bonchev–Trinajstić information content (AvgIpc) is 2.49. The van der Waals surface area contributed by atoms with Crippen LogP contribution in [0.2, 0.25) is 0 Å². The van der Waals surface area contributed by atoms with Gasteiger partial charge in [-0.2, -0.15) is 0 Å². The van der Waals surface area contributed by atoms with Crippen molar-refractivity contribution in [2.45, 2.75) is 19.8 Å². The Morgan fingerprint density at radius 2 is 2.00 bits per heavy atom. The van der Waals surface area contributed by atoms with E-state index in [2.05, 4.69) is 39.6 Å². The molecule has 1 amide bonds. The number of ether oxygens (including phenoxy) is 1. The third-order valence-corrected chi connectivity index (χ3v) is 4.15. The van der Waals surface area contributed by atoms with Gasteiger partial charge in [-0.1, -0.05) is 41.1 Å². The van der Waals surface area contributed by atoms with Gasteiger partial charge in [0.25, 0.3) is 0 Å². The van der Waals surface area contributed by atoms with Crippen LogP contribution in [0.5, 0.6) is 0 Å². The molecule has 0 aliphatic rings. The van der Waals surface area contributed by atoms with Gasteiger partial charge in [-0.05, 0) is 24.5 Å². The first-order valence-corrected chi connectivity index (χ1v) is 8.19. The molecule has 4 nitrogen and oxygen atoms in total. The Morgan fingerprint density at radius 1 is 1.27 bits per heavy atom. The number of hydrogen-bond acceptors (Lipinski definition) is 3. The van der Waals surface area contributed by atoms with Crippen LogP contribution in [0, 0.1) is 5.92 Å². The molecule has 0 aliphatic carbocycles. The maximum Gasteiger partial charge on any atom is 0.223 e. The van der Waals surface area contributed by atoms with Crippen LogP contribution >= 0.6 is 28.3 Å². The number of benzene rings is 1. The van der Waals surface area contributed by atoms with Crippen LogP contribution in [0.3, 0.4) is 0 Å². The molecule has 6 heteroatoms. The highest BCUT2D eigenvalue weighted by Crippen LogP contribution is 2.21. The zero-order valence-electron chi connectivity index (χ0n) is 13.2. The molecule has 0 spiro atoms. The van der Waals surface area contributed by atoms with Crippen molar-refractivity contribution in [3.8, 4) is 0 Å². The van der Waals surface area contributed by atoms with Crippen LogP contribution < -0.4 is 10.6 Å². The summed E-state index contributed by atoms with van der Waals surface area (Å²) in [6.07, 6.45) is 1.60. The molecule has 1 atom stereocenters. The minimum absolute atomic E-state index is 0. The third-order valence-electron chi connectivity index (χ3n) is 3.37. The first kappa shape index (κ1) is 21.4. The number of methoxy groups -OCH3 is 1. The van der Waals surface area contributed by atoms with E-state index in [1.165, 1.54) is 5.56 Å². The summed E-state index contributed by atoms with van der Waals surface area (Å²) in [5.41, 5.74) is 1.18. The van der Waals surface area contributed by atoms with Gasteiger partial charge in [0, 0.05) is 37.1 Å². The minimum atomic E-state index is 0. The monoisotopic (exact) mass is 392 g/mol. The largest absolute Gasteiger partial charge is 0.383 e. The second-order valence-corrected chi connectivity index (χ2v) is 5.79. The van der Waals surface area contributed by atoms with E-state index in [1.807, 2.05) is 18.2 Å². The fourth-order valence-corrected chi connectivity index (χ4v) is 2.52. The number of halogens is 2. The molecule has 1 aromatic rings. The number of nitrogens with one attached hydrogen (secondary N) is 2. The molecule has 0 aromatic heterocycles. The Morgan fingerprint density at radius 3 is 2.64 bits per heavy atom. The van der Waals surface area contributed by atoms with Crippen molar-refractivity contribution >= 4 is 34.2 Å². The van der Waals surface area contributed by atoms with E-state index in [9.17, 15) is 4.79 Å². The van der Waals surface area contributed by atoms with Gasteiger partial charge in [-0.15, -0.1) is 12.4 Å². The topological polar surface area (TPSA) is 50.4 Å². The molecule has 1 rings (SSSR count). The smallest absolute Gasteiger partial charge is 0.223 e. The summed E-state index contributed by atoms with van der Waals surface area (Å²) in [5.74, 6) is 0.143. The van der Waals surface area contributed by atoms with Crippen LogP contribution in [-0.4, -0.2) is 39.3 Å². The highest BCUT2D eigenvalue weighted by molar-refractivity contribution is 9.10. The van der Waals surface area contributed by atoms with Gasteiger partial charge in [0.1, 0.15) is 0 Å². The lowest BCUT2D eigenvalue weighted by atomic mass is 9.96. The van der Waals surface area contributed by atoms with Gasteiger partial charge in [0.05, 0.1) is 6.61 Å². The molecule has 0 heterocycles. The van der Waals surface area contributed by atoms with Gasteiger partial charge in [-0.25, -0.2) is 0 Å². The fourth-order valence-electron chi connectivity index (χ4n) is 2.07. The van der Waals surface area contributed by atoms with E-state index >= 15 is 0 Å². The van der Waals surface area contributed by atoms with Crippen molar-refractivity contribution in [1.82, 2.24) is 10.6 Å². The summed E-state index contributed by atoms with van der Waals surface area (Å²) in [7, 11) is 1.68. The number of rotatable bonds is 10. The molecule has 1 aromatic carbocycles. The molecule has 0 aliphatic heterocycles. The summed E-state index contributed by atoms with van der Waals surface area (Å²) >= 11 is 3.54. The zero-order chi connectivity index (χ0) is 15.5. The van der Waals surface area contributed by atoms with Crippen LogP contribution in [0.1, 0.15) is 18.9 Å². The number of amides is 1. The van der Waals surface area contributed by atoms with Gasteiger partial charge < -0.3 is 15.4 Å². The highest BCUT2D eigenvalue weighted by Gasteiger charge is 2.17. The molecule has 1 unspecified atom stereocenters.